The molecule has 108 valence electrons. The van der Waals surface area contributed by atoms with Gasteiger partial charge in [-0.05, 0) is 31.4 Å². The van der Waals surface area contributed by atoms with Crippen LogP contribution in [0.3, 0.4) is 0 Å². The highest BCUT2D eigenvalue weighted by atomic mass is 32.2. The Morgan fingerprint density at radius 2 is 2.16 bits per heavy atom. The molecule has 1 aromatic rings. The van der Waals surface area contributed by atoms with Crippen molar-refractivity contribution in [3.05, 3.63) is 24.0 Å². The summed E-state index contributed by atoms with van der Waals surface area (Å²) in [6.07, 6.45) is 1.76. The third-order valence-electron chi connectivity index (χ3n) is 2.63. The molecule has 0 saturated heterocycles. The number of nitrogen functional groups attached to an aromatic ring is 1. The Labute approximate surface area is 116 Å². The number of aliphatic hydroxyl groups is 1. The largest absolute Gasteiger partial charge is 0.399 e. The van der Waals surface area contributed by atoms with Gasteiger partial charge in [-0.3, -0.25) is 0 Å². The Kier molecular flexibility index (Phi) is 5.60. The van der Waals surface area contributed by atoms with Crippen LogP contribution < -0.4 is 10.5 Å². The lowest BCUT2D eigenvalue weighted by Crippen LogP contribution is -2.41. The van der Waals surface area contributed by atoms with Crippen molar-refractivity contribution in [1.82, 2.24) is 4.72 Å². The van der Waals surface area contributed by atoms with Crippen molar-refractivity contribution < 1.29 is 17.9 Å². The minimum atomic E-state index is -3.98. The molecule has 0 aliphatic rings. The molecule has 1 rings (SSSR count). The molecule has 0 heterocycles. The van der Waals surface area contributed by atoms with E-state index >= 15 is 0 Å². The van der Waals surface area contributed by atoms with E-state index < -0.39 is 26.8 Å². The number of nitrogens with two attached hydrogens (primary N) is 1. The molecule has 0 bridgehead atoms. The van der Waals surface area contributed by atoms with Gasteiger partial charge < -0.3 is 10.8 Å². The summed E-state index contributed by atoms with van der Waals surface area (Å²) in [5.74, 6) is -0.899. The number of halogens is 1. The van der Waals surface area contributed by atoms with Crippen LogP contribution in [0.25, 0.3) is 0 Å². The summed E-state index contributed by atoms with van der Waals surface area (Å²) >= 11 is 1.33. The molecular weight excluding hydrogens is 291 g/mol. The number of hydrogen-bond acceptors (Lipinski definition) is 5. The maximum atomic E-state index is 13.6. The maximum absolute atomic E-state index is 13.6. The van der Waals surface area contributed by atoms with Gasteiger partial charge in [0.25, 0.3) is 0 Å². The predicted octanol–water partition coefficient (Wildman–Crippen LogP) is 0.799. The Morgan fingerprint density at radius 1 is 1.53 bits per heavy atom. The number of anilines is 1. The molecule has 0 spiro atoms. The molecule has 0 radical (unpaired) electrons. The van der Waals surface area contributed by atoms with Crippen LogP contribution in [0.2, 0.25) is 0 Å². The molecule has 0 aliphatic heterocycles. The van der Waals surface area contributed by atoms with Gasteiger partial charge in [0.15, 0.2) is 0 Å². The summed E-state index contributed by atoms with van der Waals surface area (Å²) in [6, 6.07) is 2.87. The van der Waals surface area contributed by atoms with E-state index in [0.29, 0.717) is 0 Å². The van der Waals surface area contributed by atoms with E-state index in [0.717, 1.165) is 12.1 Å². The number of thioether (sulfide) groups is 1. The van der Waals surface area contributed by atoms with E-state index in [1.54, 1.807) is 13.2 Å². The van der Waals surface area contributed by atoms with Gasteiger partial charge >= 0.3 is 0 Å². The number of hydrogen-bond donors (Lipinski definition) is 3. The van der Waals surface area contributed by atoms with Gasteiger partial charge in [0, 0.05) is 17.0 Å². The average Bonchev–Trinajstić information content (AvgIpc) is 2.29. The van der Waals surface area contributed by atoms with Crippen molar-refractivity contribution >= 4 is 27.5 Å². The van der Waals surface area contributed by atoms with Gasteiger partial charge in [-0.1, -0.05) is 0 Å². The fourth-order valence-corrected chi connectivity index (χ4v) is 3.61. The van der Waals surface area contributed by atoms with Gasteiger partial charge in [0.1, 0.15) is 10.7 Å². The standard InChI is InChI=1S/C11H17FN2O3S2/c1-7(10(6-15)18-2)14-19(16,17)11-4-3-8(13)5-9(11)12/h3-5,7,10,14-15H,6,13H2,1-2H3. The molecule has 5 nitrogen and oxygen atoms in total. The second-order valence-electron chi connectivity index (χ2n) is 4.06. The minimum Gasteiger partial charge on any atom is -0.399 e. The molecule has 0 amide bonds. The summed E-state index contributed by atoms with van der Waals surface area (Å²) in [4.78, 5) is -0.452. The summed E-state index contributed by atoms with van der Waals surface area (Å²) in [6.45, 7) is 1.44. The maximum Gasteiger partial charge on any atom is 0.243 e. The van der Waals surface area contributed by atoms with Crippen LogP contribution in [-0.4, -0.2) is 37.7 Å². The van der Waals surface area contributed by atoms with E-state index in [1.807, 2.05) is 0 Å². The molecule has 0 aliphatic carbocycles. The predicted molar refractivity (Wildman–Crippen MR) is 75.0 cm³/mol. The summed E-state index contributed by atoms with van der Waals surface area (Å²) < 4.78 is 40.0. The Balaban J connectivity index is 2.98. The van der Waals surface area contributed by atoms with Gasteiger partial charge in [0.05, 0.1) is 6.61 Å². The third kappa shape index (κ3) is 4.07. The monoisotopic (exact) mass is 308 g/mol. The fraction of sp³-hybridized carbons (Fsp3) is 0.455. The number of benzene rings is 1. The highest BCUT2D eigenvalue weighted by Gasteiger charge is 2.25. The minimum absolute atomic E-state index is 0.154. The quantitative estimate of drug-likeness (QED) is 0.676. The van der Waals surface area contributed by atoms with Crippen molar-refractivity contribution in [2.24, 2.45) is 0 Å². The normalized spacial score (nSPS) is 15.2. The van der Waals surface area contributed by atoms with Crippen LogP contribution in [0.1, 0.15) is 6.92 Å². The summed E-state index contributed by atoms with van der Waals surface area (Å²) in [5.41, 5.74) is 5.53. The van der Waals surface area contributed by atoms with Crippen LogP contribution in [0.4, 0.5) is 10.1 Å². The number of nitrogens with one attached hydrogen (secondary N) is 1. The molecule has 19 heavy (non-hydrogen) atoms. The van der Waals surface area contributed by atoms with Gasteiger partial charge in [-0.2, -0.15) is 11.8 Å². The van der Waals surface area contributed by atoms with Crippen LogP contribution in [-0.2, 0) is 10.0 Å². The fourth-order valence-electron chi connectivity index (χ4n) is 1.56. The second-order valence-corrected chi connectivity index (χ2v) is 6.82. The lowest BCUT2D eigenvalue weighted by atomic mass is 10.3. The second kappa shape index (κ2) is 6.56. The van der Waals surface area contributed by atoms with E-state index in [1.165, 1.54) is 17.8 Å². The van der Waals surface area contributed by atoms with Crippen molar-refractivity contribution in [2.75, 3.05) is 18.6 Å². The van der Waals surface area contributed by atoms with E-state index in [4.69, 9.17) is 10.8 Å². The zero-order chi connectivity index (χ0) is 14.6. The van der Waals surface area contributed by atoms with Gasteiger partial charge in [-0.25, -0.2) is 17.5 Å². The first kappa shape index (κ1) is 16.2. The Morgan fingerprint density at radius 3 is 2.63 bits per heavy atom. The molecule has 0 fully saturated rings. The Hall–Kier alpha value is -0.830. The van der Waals surface area contributed by atoms with Crippen LogP contribution in [0, 0.1) is 5.82 Å². The van der Waals surface area contributed by atoms with E-state index in [9.17, 15) is 12.8 Å². The SMILES string of the molecule is CSC(CO)C(C)NS(=O)(=O)c1ccc(N)cc1F. The first-order chi connectivity index (χ1) is 8.81. The first-order valence-electron chi connectivity index (χ1n) is 5.53. The van der Waals surface area contributed by atoms with Crippen LogP contribution in [0.15, 0.2) is 23.1 Å². The zero-order valence-corrected chi connectivity index (χ0v) is 12.3. The van der Waals surface area contributed by atoms with Crippen LogP contribution >= 0.6 is 11.8 Å². The number of rotatable bonds is 6. The van der Waals surface area contributed by atoms with E-state index in [2.05, 4.69) is 4.72 Å². The van der Waals surface area contributed by atoms with Crippen LogP contribution in [0.5, 0.6) is 0 Å². The van der Waals surface area contributed by atoms with Crippen molar-refractivity contribution in [3.63, 3.8) is 0 Å². The van der Waals surface area contributed by atoms with Crippen molar-refractivity contribution in [3.8, 4) is 0 Å². The third-order valence-corrected chi connectivity index (χ3v) is 5.38. The van der Waals surface area contributed by atoms with Gasteiger partial charge in [0.2, 0.25) is 10.0 Å². The zero-order valence-electron chi connectivity index (χ0n) is 10.6. The number of sulfonamides is 1. The Bertz CT molecular complexity index is 533. The molecule has 8 heteroatoms. The lowest BCUT2D eigenvalue weighted by Gasteiger charge is -2.21. The van der Waals surface area contributed by atoms with E-state index in [-0.39, 0.29) is 17.5 Å². The topological polar surface area (TPSA) is 92.4 Å². The molecule has 4 N–H and O–H groups in total. The summed E-state index contributed by atoms with van der Waals surface area (Å²) in [7, 11) is -3.98. The molecule has 0 aromatic heterocycles. The molecule has 2 atom stereocenters. The van der Waals surface area contributed by atoms with Crippen molar-refractivity contribution in [1.29, 1.82) is 0 Å². The molecule has 1 aromatic carbocycles. The lowest BCUT2D eigenvalue weighted by molar-refractivity contribution is 0.282. The number of aliphatic hydroxyl groups excluding tert-OH is 1. The average molecular weight is 308 g/mol. The molecular formula is C11H17FN2O3S2. The van der Waals surface area contributed by atoms with Crippen molar-refractivity contribution in [2.45, 2.75) is 23.1 Å². The summed E-state index contributed by atoms with van der Waals surface area (Å²) in [5, 5.41) is 8.81. The smallest absolute Gasteiger partial charge is 0.243 e. The van der Waals surface area contributed by atoms with Gasteiger partial charge in [-0.15, -0.1) is 0 Å². The molecule has 2 unspecified atom stereocenters. The highest BCUT2D eigenvalue weighted by Crippen LogP contribution is 2.19. The molecule has 0 saturated carbocycles. The first-order valence-corrected chi connectivity index (χ1v) is 8.30. The highest BCUT2D eigenvalue weighted by molar-refractivity contribution is 7.99.